The average molecular weight is 283 g/mol. The van der Waals surface area contributed by atoms with E-state index in [0.29, 0.717) is 12.0 Å². The van der Waals surface area contributed by atoms with Crippen molar-refractivity contribution in [2.45, 2.75) is 19.8 Å². The number of hydrogen-bond acceptors (Lipinski definition) is 2. The molecule has 0 saturated carbocycles. The molecule has 0 spiro atoms. The van der Waals surface area contributed by atoms with Gasteiger partial charge in [-0.3, -0.25) is 9.59 Å². The Labute approximate surface area is 102 Å². The number of aliphatic carboxylic acids is 1. The zero-order valence-electron chi connectivity index (χ0n) is 8.79. The van der Waals surface area contributed by atoms with E-state index in [1.807, 2.05) is 12.1 Å². The summed E-state index contributed by atoms with van der Waals surface area (Å²) in [4.78, 5) is 23.0. The van der Waals surface area contributed by atoms with Crippen molar-refractivity contribution in [1.82, 2.24) is 0 Å². The monoisotopic (exact) mass is 282 g/mol. The van der Waals surface area contributed by atoms with Crippen molar-refractivity contribution >= 4 is 27.7 Å². The maximum Gasteiger partial charge on any atom is 0.310 e. The average Bonchev–Trinajstić information content (AvgIpc) is 2.19. The first-order valence-corrected chi connectivity index (χ1v) is 5.77. The minimum absolute atomic E-state index is 0.0752. The minimum atomic E-state index is -0.960. The number of Topliss-reactive ketones (excluding diaryl/α,β-unsaturated/α-hetero) is 1. The minimum Gasteiger partial charge on any atom is -0.481 e. The molecule has 4 heteroatoms. The number of carbonyl (C=O) groups is 2. The molecule has 0 bridgehead atoms. The molecule has 1 aromatic rings. The van der Waals surface area contributed by atoms with E-state index in [2.05, 4.69) is 15.9 Å². The zero-order valence-corrected chi connectivity index (χ0v) is 10.4. The number of hydrogen-bond donors (Lipinski definition) is 1. The third-order valence-electron chi connectivity index (χ3n) is 3.02. The molecule has 1 aromatic carbocycles. The van der Waals surface area contributed by atoms with E-state index in [-0.39, 0.29) is 12.2 Å². The normalized spacial score (nSPS) is 24.0. The zero-order chi connectivity index (χ0) is 11.9. The van der Waals surface area contributed by atoms with Crippen molar-refractivity contribution in [3.8, 4) is 0 Å². The molecule has 0 amide bonds. The predicted octanol–water partition coefficient (Wildman–Crippen LogP) is 2.67. The third kappa shape index (κ3) is 1.78. The number of carbonyl (C=O) groups excluding carboxylic acids is 1. The van der Waals surface area contributed by atoms with Crippen LogP contribution in [0.1, 0.15) is 29.3 Å². The highest BCUT2D eigenvalue weighted by molar-refractivity contribution is 9.10. The first-order chi connectivity index (χ1) is 7.42. The summed E-state index contributed by atoms with van der Waals surface area (Å²) in [5, 5.41) is 9.13. The van der Waals surface area contributed by atoms with Gasteiger partial charge in [0.05, 0.1) is 5.41 Å². The molecule has 0 heterocycles. The standard InChI is InChI=1S/C12H11BrO3/c1-12(11(15)16)5-7-2-3-8(13)4-9(7)10(14)6-12/h2-4H,5-6H2,1H3,(H,15,16). The fourth-order valence-corrected chi connectivity index (χ4v) is 2.41. The van der Waals surface area contributed by atoms with Crippen molar-refractivity contribution < 1.29 is 14.7 Å². The lowest BCUT2D eigenvalue weighted by Crippen LogP contribution is -2.36. The number of carboxylic acids is 1. The fourth-order valence-electron chi connectivity index (χ4n) is 2.05. The van der Waals surface area contributed by atoms with Gasteiger partial charge in [-0.15, -0.1) is 0 Å². The van der Waals surface area contributed by atoms with Crippen LogP contribution < -0.4 is 0 Å². The van der Waals surface area contributed by atoms with Crippen LogP contribution in [0.25, 0.3) is 0 Å². The molecule has 1 N–H and O–H groups in total. The number of halogens is 1. The van der Waals surface area contributed by atoms with Gasteiger partial charge in [-0.05, 0) is 31.0 Å². The lowest BCUT2D eigenvalue weighted by Gasteiger charge is -2.29. The Bertz CT molecular complexity index is 481. The Morgan fingerprint density at radius 1 is 1.44 bits per heavy atom. The predicted molar refractivity (Wildman–Crippen MR) is 62.5 cm³/mol. The molecule has 1 aliphatic rings. The molecule has 1 unspecified atom stereocenters. The Morgan fingerprint density at radius 3 is 2.75 bits per heavy atom. The summed E-state index contributed by atoms with van der Waals surface area (Å²) in [6.45, 7) is 1.62. The second-order valence-electron chi connectivity index (χ2n) is 4.44. The molecular formula is C12H11BrO3. The van der Waals surface area contributed by atoms with Crippen molar-refractivity contribution in [3.63, 3.8) is 0 Å². The van der Waals surface area contributed by atoms with Crippen LogP contribution >= 0.6 is 15.9 Å². The lowest BCUT2D eigenvalue weighted by atomic mass is 9.72. The van der Waals surface area contributed by atoms with Crippen molar-refractivity contribution in [2.24, 2.45) is 5.41 Å². The molecule has 0 aromatic heterocycles. The van der Waals surface area contributed by atoms with Gasteiger partial charge >= 0.3 is 5.97 Å². The molecule has 0 aliphatic heterocycles. The van der Waals surface area contributed by atoms with E-state index in [4.69, 9.17) is 5.11 Å². The van der Waals surface area contributed by atoms with E-state index in [0.717, 1.165) is 10.0 Å². The quantitative estimate of drug-likeness (QED) is 0.862. The van der Waals surface area contributed by atoms with E-state index in [9.17, 15) is 9.59 Å². The summed E-state index contributed by atoms with van der Waals surface area (Å²) in [7, 11) is 0. The number of fused-ring (bicyclic) bond motifs is 1. The van der Waals surface area contributed by atoms with Crippen LogP contribution in [0.4, 0.5) is 0 Å². The van der Waals surface area contributed by atoms with E-state index >= 15 is 0 Å². The Balaban J connectivity index is 2.49. The van der Waals surface area contributed by atoms with Crippen LogP contribution in [0.2, 0.25) is 0 Å². The van der Waals surface area contributed by atoms with Crippen LogP contribution in [-0.2, 0) is 11.2 Å². The summed E-state index contributed by atoms with van der Waals surface area (Å²) in [6.07, 6.45) is 0.489. The van der Waals surface area contributed by atoms with Crippen molar-refractivity contribution in [2.75, 3.05) is 0 Å². The molecule has 84 valence electrons. The summed E-state index contributed by atoms with van der Waals surface area (Å²) in [5.74, 6) is -0.998. The molecule has 3 nitrogen and oxygen atoms in total. The Morgan fingerprint density at radius 2 is 2.12 bits per heavy atom. The lowest BCUT2D eigenvalue weighted by molar-refractivity contribution is -0.147. The third-order valence-corrected chi connectivity index (χ3v) is 3.51. The number of carboxylic acid groups (broad SMARTS) is 1. The molecule has 2 rings (SSSR count). The van der Waals surface area contributed by atoms with Crippen LogP contribution in [0, 0.1) is 5.41 Å². The Hall–Kier alpha value is -1.16. The van der Waals surface area contributed by atoms with Crippen LogP contribution in [0.3, 0.4) is 0 Å². The topological polar surface area (TPSA) is 54.4 Å². The van der Waals surface area contributed by atoms with Crippen molar-refractivity contribution in [3.05, 3.63) is 33.8 Å². The van der Waals surface area contributed by atoms with Crippen molar-refractivity contribution in [1.29, 1.82) is 0 Å². The van der Waals surface area contributed by atoms with Gasteiger partial charge in [0, 0.05) is 16.5 Å². The summed E-state index contributed by atoms with van der Waals surface area (Å²) < 4.78 is 0.846. The van der Waals surface area contributed by atoms with E-state index < -0.39 is 11.4 Å². The highest BCUT2D eigenvalue weighted by atomic mass is 79.9. The van der Waals surface area contributed by atoms with Gasteiger partial charge in [0.1, 0.15) is 0 Å². The largest absolute Gasteiger partial charge is 0.481 e. The van der Waals surface area contributed by atoms with Gasteiger partial charge in [0.25, 0.3) is 0 Å². The van der Waals surface area contributed by atoms with Crippen LogP contribution in [0.5, 0.6) is 0 Å². The van der Waals surface area contributed by atoms with Crippen LogP contribution in [0.15, 0.2) is 22.7 Å². The molecule has 16 heavy (non-hydrogen) atoms. The van der Waals surface area contributed by atoms with Gasteiger partial charge in [0.15, 0.2) is 5.78 Å². The molecule has 0 saturated heterocycles. The van der Waals surface area contributed by atoms with E-state index in [1.54, 1.807) is 13.0 Å². The maximum absolute atomic E-state index is 11.9. The van der Waals surface area contributed by atoms with Gasteiger partial charge in [0.2, 0.25) is 0 Å². The first kappa shape index (κ1) is 11.3. The molecule has 0 fully saturated rings. The summed E-state index contributed by atoms with van der Waals surface area (Å²) in [6, 6.07) is 5.41. The smallest absolute Gasteiger partial charge is 0.310 e. The SMILES string of the molecule is CC1(C(=O)O)CC(=O)c2cc(Br)ccc2C1. The second kappa shape index (κ2) is 3.70. The molecule has 0 radical (unpaired) electrons. The van der Waals surface area contributed by atoms with Gasteiger partial charge in [-0.1, -0.05) is 22.0 Å². The van der Waals surface area contributed by atoms with Gasteiger partial charge in [-0.25, -0.2) is 0 Å². The second-order valence-corrected chi connectivity index (χ2v) is 5.36. The molecule has 1 aliphatic carbocycles. The molecule has 1 atom stereocenters. The van der Waals surface area contributed by atoms with Gasteiger partial charge < -0.3 is 5.11 Å². The number of ketones is 1. The van der Waals surface area contributed by atoms with Gasteiger partial charge in [-0.2, -0.15) is 0 Å². The van der Waals surface area contributed by atoms with Crippen LogP contribution in [-0.4, -0.2) is 16.9 Å². The molecular weight excluding hydrogens is 272 g/mol. The first-order valence-electron chi connectivity index (χ1n) is 4.97. The highest BCUT2D eigenvalue weighted by Crippen LogP contribution is 2.36. The van der Waals surface area contributed by atoms with E-state index in [1.165, 1.54) is 0 Å². The number of rotatable bonds is 1. The Kier molecular flexibility index (Phi) is 2.62. The maximum atomic E-state index is 11.9. The fraction of sp³-hybridized carbons (Fsp3) is 0.333. The summed E-state index contributed by atoms with van der Waals surface area (Å²) >= 11 is 3.31. The number of benzene rings is 1. The highest BCUT2D eigenvalue weighted by Gasteiger charge is 2.40. The summed E-state index contributed by atoms with van der Waals surface area (Å²) in [5.41, 5.74) is 0.509.